The fourth-order valence-electron chi connectivity index (χ4n) is 2.35. The van der Waals surface area contributed by atoms with E-state index in [9.17, 15) is 4.79 Å². The minimum absolute atomic E-state index is 0.0140. The number of hydrogen-bond donors (Lipinski definition) is 0. The number of hydrogen-bond acceptors (Lipinski definition) is 3. The normalized spacial score (nSPS) is 10.7. The number of carbonyl (C=O) groups excluding carboxylic acids is 1. The van der Waals surface area contributed by atoms with Crippen molar-refractivity contribution in [1.82, 2.24) is 4.90 Å². The Kier molecular flexibility index (Phi) is 4.98. The third kappa shape index (κ3) is 3.92. The van der Waals surface area contributed by atoms with E-state index in [0.29, 0.717) is 18.7 Å². The summed E-state index contributed by atoms with van der Waals surface area (Å²) in [6.07, 6.45) is 1.63. The van der Waals surface area contributed by atoms with Crippen molar-refractivity contribution in [2.24, 2.45) is 0 Å². The van der Waals surface area contributed by atoms with Crippen LogP contribution in [0.2, 0.25) is 0 Å². The van der Waals surface area contributed by atoms with Crippen LogP contribution in [0.5, 0.6) is 0 Å². The number of amides is 1. The molecule has 0 spiro atoms. The van der Waals surface area contributed by atoms with E-state index in [1.807, 2.05) is 41.3 Å². The predicted octanol–water partition coefficient (Wildman–Crippen LogP) is 5.25. The largest absolute Gasteiger partial charge is 0.467 e. The number of benzene rings is 1. The molecule has 1 aromatic carbocycles. The van der Waals surface area contributed by atoms with Crippen molar-refractivity contribution in [1.29, 1.82) is 0 Å². The van der Waals surface area contributed by atoms with Crippen LogP contribution in [0.1, 0.15) is 25.9 Å². The van der Waals surface area contributed by atoms with Gasteiger partial charge in [-0.05, 0) is 59.3 Å². The molecule has 2 aromatic heterocycles. The number of carbonyl (C=O) groups is 1. The molecule has 0 aliphatic heterocycles. The summed E-state index contributed by atoms with van der Waals surface area (Å²) in [5.41, 5.74) is 0.660. The lowest BCUT2D eigenvalue weighted by atomic mass is 10.2. The fourth-order valence-corrected chi connectivity index (χ4v) is 3.71. The molecule has 0 aliphatic rings. The van der Waals surface area contributed by atoms with Crippen molar-refractivity contribution in [3.05, 3.63) is 80.3 Å². The Bertz CT molecular complexity index is 795. The zero-order chi connectivity index (χ0) is 16.2. The standard InChI is InChI=1S/C18H16BrNO2S/c1-13-8-9-15(23-13)12-20(11-14-5-4-10-22-14)18(21)16-6-2-3-7-17(16)19/h2-10H,11-12H2,1H3. The summed E-state index contributed by atoms with van der Waals surface area (Å²) in [5, 5.41) is 0. The average molecular weight is 390 g/mol. The van der Waals surface area contributed by atoms with Crippen LogP contribution in [0.3, 0.4) is 0 Å². The summed E-state index contributed by atoms with van der Waals surface area (Å²) in [6.45, 7) is 3.09. The van der Waals surface area contributed by atoms with E-state index in [2.05, 4.69) is 35.0 Å². The molecule has 5 heteroatoms. The second kappa shape index (κ2) is 7.15. The van der Waals surface area contributed by atoms with Crippen molar-refractivity contribution in [2.75, 3.05) is 0 Å². The highest BCUT2D eigenvalue weighted by molar-refractivity contribution is 9.10. The zero-order valence-electron chi connectivity index (χ0n) is 12.7. The topological polar surface area (TPSA) is 33.5 Å². The molecule has 0 saturated carbocycles. The summed E-state index contributed by atoms with van der Waals surface area (Å²) < 4.78 is 6.22. The van der Waals surface area contributed by atoms with Crippen molar-refractivity contribution < 1.29 is 9.21 Å². The second-order valence-corrected chi connectivity index (χ2v) is 7.46. The van der Waals surface area contributed by atoms with Gasteiger partial charge >= 0.3 is 0 Å². The number of halogens is 1. The molecule has 23 heavy (non-hydrogen) atoms. The molecule has 0 fully saturated rings. The first-order chi connectivity index (χ1) is 11.1. The van der Waals surface area contributed by atoms with Gasteiger partial charge in [0, 0.05) is 14.2 Å². The van der Waals surface area contributed by atoms with E-state index in [0.717, 1.165) is 15.1 Å². The van der Waals surface area contributed by atoms with Gasteiger partial charge in [0.05, 0.1) is 24.9 Å². The molecule has 2 heterocycles. The van der Waals surface area contributed by atoms with Gasteiger partial charge in [-0.15, -0.1) is 11.3 Å². The number of aryl methyl sites for hydroxylation is 1. The molecule has 0 unspecified atom stereocenters. The van der Waals surface area contributed by atoms with Gasteiger partial charge in [-0.3, -0.25) is 4.79 Å². The van der Waals surface area contributed by atoms with E-state index in [-0.39, 0.29) is 5.91 Å². The lowest BCUT2D eigenvalue weighted by molar-refractivity contribution is 0.0718. The predicted molar refractivity (Wildman–Crippen MR) is 95.5 cm³/mol. The van der Waals surface area contributed by atoms with Crippen LogP contribution in [-0.2, 0) is 13.1 Å². The van der Waals surface area contributed by atoms with E-state index < -0.39 is 0 Å². The molecule has 0 N–H and O–H groups in total. The Balaban J connectivity index is 1.87. The van der Waals surface area contributed by atoms with Gasteiger partial charge in [-0.1, -0.05) is 12.1 Å². The van der Waals surface area contributed by atoms with E-state index in [4.69, 9.17) is 4.42 Å². The minimum Gasteiger partial charge on any atom is -0.467 e. The van der Waals surface area contributed by atoms with Gasteiger partial charge in [0.15, 0.2) is 0 Å². The Morgan fingerprint density at radius 3 is 2.61 bits per heavy atom. The van der Waals surface area contributed by atoms with Crippen LogP contribution in [0, 0.1) is 6.92 Å². The molecular formula is C18H16BrNO2S. The van der Waals surface area contributed by atoms with Gasteiger partial charge in [0.25, 0.3) is 5.91 Å². The molecule has 0 atom stereocenters. The molecule has 118 valence electrons. The summed E-state index contributed by atoms with van der Waals surface area (Å²) in [6, 6.07) is 15.4. The molecule has 3 rings (SSSR count). The Morgan fingerprint density at radius 2 is 1.96 bits per heavy atom. The monoisotopic (exact) mass is 389 g/mol. The molecule has 3 aromatic rings. The highest BCUT2D eigenvalue weighted by Gasteiger charge is 2.20. The maximum absolute atomic E-state index is 13.0. The summed E-state index contributed by atoms with van der Waals surface area (Å²) >= 11 is 5.17. The van der Waals surface area contributed by atoms with Crippen molar-refractivity contribution in [3.8, 4) is 0 Å². The molecule has 0 radical (unpaired) electrons. The van der Waals surface area contributed by atoms with E-state index in [1.165, 1.54) is 4.88 Å². The smallest absolute Gasteiger partial charge is 0.255 e. The maximum atomic E-state index is 13.0. The summed E-state index contributed by atoms with van der Waals surface area (Å²) in [4.78, 5) is 17.2. The SMILES string of the molecule is Cc1ccc(CN(Cc2ccco2)C(=O)c2ccccc2Br)s1. The van der Waals surface area contributed by atoms with Gasteiger partial charge in [0.2, 0.25) is 0 Å². The molecule has 0 saturated heterocycles. The van der Waals surface area contributed by atoms with Crippen molar-refractivity contribution in [2.45, 2.75) is 20.0 Å². The highest BCUT2D eigenvalue weighted by Crippen LogP contribution is 2.23. The molecular weight excluding hydrogens is 374 g/mol. The number of nitrogens with zero attached hydrogens (tertiary/aromatic N) is 1. The van der Waals surface area contributed by atoms with Crippen LogP contribution in [0.4, 0.5) is 0 Å². The molecule has 0 bridgehead atoms. The zero-order valence-corrected chi connectivity index (χ0v) is 15.1. The van der Waals surface area contributed by atoms with Crippen LogP contribution < -0.4 is 0 Å². The van der Waals surface area contributed by atoms with Crippen LogP contribution >= 0.6 is 27.3 Å². The quantitative estimate of drug-likeness (QED) is 0.596. The first-order valence-corrected chi connectivity index (χ1v) is 8.86. The third-order valence-corrected chi connectivity index (χ3v) is 5.14. The van der Waals surface area contributed by atoms with Gasteiger partial charge < -0.3 is 9.32 Å². The Morgan fingerprint density at radius 1 is 1.13 bits per heavy atom. The number of rotatable bonds is 5. The summed E-state index contributed by atoms with van der Waals surface area (Å²) in [7, 11) is 0. The van der Waals surface area contributed by atoms with Crippen molar-refractivity contribution >= 4 is 33.2 Å². The second-order valence-electron chi connectivity index (χ2n) is 5.23. The first kappa shape index (κ1) is 16.0. The van der Waals surface area contributed by atoms with Gasteiger partial charge in [-0.2, -0.15) is 0 Å². The number of furan rings is 1. The highest BCUT2D eigenvalue weighted by atomic mass is 79.9. The third-order valence-electron chi connectivity index (χ3n) is 3.46. The van der Waals surface area contributed by atoms with E-state index in [1.54, 1.807) is 17.6 Å². The lowest BCUT2D eigenvalue weighted by Gasteiger charge is -2.21. The maximum Gasteiger partial charge on any atom is 0.255 e. The van der Waals surface area contributed by atoms with Crippen LogP contribution in [0.15, 0.2) is 63.7 Å². The minimum atomic E-state index is -0.0140. The molecule has 3 nitrogen and oxygen atoms in total. The van der Waals surface area contributed by atoms with Crippen molar-refractivity contribution in [3.63, 3.8) is 0 Å². The van der Waals surface area contributed by atoms with Gasteiger partial charge in [-0.25, -0.2) is 0 Å². The van der Waals surface area contributed by atoms with Crippen LogP contribution in [0.25, 0.3) is 0 Å². The fraction of sp³-hybridized carbons (Fsp3) is 0.167. The Hall–Kier alpha value is -1.85. The average Bonchev–Trinajstić information content (AvgIpc) is 3.18. The van der Waals surface area contributed by atoms with Crippen LogP contribution in [-0.4, -0.2) is 10.8 Å². The first-order valence-electron chi connectivity index (χ1n) is 7.25. The summed E-state index contributed by atoms with van der Waals surface area (Å²) in [5.74, 6) is 0.763. The molecule has 0 aliphatic carbocycles. The molecule has 1 amide bonds. The van der Waals surface area contributed by atoms with E-state index >= 15 is 0 Å². The van der Waals surface area contributed by atoms with Gasteiger partial charge in [0.1, 0.15) is 5.76 Å². The Labute approximate surface area is 147 Å². The lowest BCUT2D eigenvalue weighted by Crippen LogP contribution is -2.30. The number of thiophene rings is 1.